The maximum atomic E-state index is 11.4. The van der Waals surface area contributed by atoms with Crippen molar-refractivity contribution in [3.63, 3.8) is 0 Å². The molecule has 0 aromatic carbocycles. The number of aromatic nitrogens is 1. The molecular formula is C11H12N2O4S. The summed E-state index contributed by atoms with van der Waals surface area (Å²) in [5.74, 6) is 3.14. The highest BCUT2D eigenvalue weighted by Crippen LogP contribution is 2.18. The molecule has 0 saturated heterocycles. The molecule has 1 amide bonds. The third kappa shape index (κ3) is 5.32. The van der Waals surface area contributed by atoms with Gasteiger partial charge in [0.2, 0.25) is 0 Å². The number of hydrogen-bond donors (Lipinski definition) is 2. The zero-order valence-corrected chi connectivity index (χ0v) is 10.9. The minimum Gasteiger partial charge on any atom is -0.472 e. The first-order valence-electron chi connectivity index (χ1n) is 4.97. The summed E-state index contributed by atoms with van der Waals surface area (Å²) in [6.45, 7) is 5.24. The van der Waals surface area contributed by atoms with Gasteiger partial charge in [-0.15, -0.1) is 0 Å². The van der Waals surface area contributed by atoms with Gasteiger partial charge in [0, 0.05) is 5.92 Å². The fourth-order valence-corrected chi connectivity index (χ4v) is 1.55. The summed E-state index contributed by atoms with van der Waals surface area (Å²) in [7, 11) is 0. The molecule has 1 rings (SSSR count). The van der Waals surface area contributed by atoms with Crippen LogP contribution in [0.2, 0.25) is 0 Å². The van der Waals surface area contributed by atoms with Crippen LogP contribution in [0.5, 0.6) is 0 Å². The fourth-order valence-electron chi connectivity index (χ4n) is 0.896. The first-order valence-corrected chi connectivity index (χ1v) is 5.79. The summed E-state index contributed by atoms with van der Waals surface area (Å²) >= 11 is 1.07. The van der Waals surface area contributed by atoms with Crippen LogP contribution in [-0.4, -0.2) is 27.8 Å². The Balaban J connectivity index is 2.63. The molecule has 0 bridgehead atoms. The first kappa shape index (κ1) is 14.0. The summed E-state index contributed by atoms with van der Waals surface area (Å²) in [5.41, 5.74) is -0.590. The Bertz CT molecular complexity index is 519. The highest BCUT2D eigenvalue weighted by Gasteiger charge is 2.17. The molecule has 1 aromatic rings. The number of carbonyl (C=O) groups is 2. The molecule has 6 nitrogen and oxygen atoms in total. The fraction of sp³-hybridized carbons (Fsp3) is 0.364. The van der Waals surface area contributed by atoms with E-state index in [0.717, 1.165) is 11.3 Å². The molecule has 96 valence electrons. The third-order valence-corrected chi connectivity index (χ3v) is 2.23. The van der Waals surface area contributed by atoms with Gasteiger partial charge < -0.3 is 9.84 Å². The second-order valence-electron chi connectivity index (χ2n) is 4.21. The Morgan fingerprint density at radius 1 is 1.50 bits per heavy atom. The summed E-state index contributed by atoms with van der Waals surface area (Å²) in [5, 5.41) is 11.1. The van der Waals surface area contributed by atoms with Crippen molar-refractivity contribution in [3.8, 4) is 11.8 Å². The van der Waals surface area contributed by atoms with Crippen molar-refractivity contribution >= 4 is 28.5 Å². The van der Waals surface area contributed by atoms with Crippen molar-refractivity contribution in [2.45, 2.75) is 26.4 Å². The minimum absolute atomic E-state index is 0.305. The van der Waals surface area contributed by atoms with Gasteiger partial charge in [0.15, 0.2) is 5.13 Å². The van der Waals surface area contributed by atoms with E-state index in [0.29, 0.717) is 10.0 Å². The molecule has 0 aliphatic heterocycles. The van der Waals surface area contributed by atoms with Crippen LogP contribution >= 0.6 is 11.3 Å². The summed E-state index contributed by atoms with van der Waals surface area (Å²) in [4.78, 5) is 26.0. The topological polar surface area (TPSA) is 88.5 Å². The molecule has 2 N–H and O–H groups in total. The average Bonchev–Trinajstić information content (AvgIpc) is 2.59. The first-order chi connectivity index (χ1) is 8.26. The van der Waals surface area contributed by atoms with E-state index in [1.165, 1.54) is 6.20 Å². The number of carboxylic acids is 1. The van der Waals surface area contributed by atoms with E-state index >= 15 is 0 Å². The lowest BCUT2D eigenvalue weighted by atomic mass is 10.2. The smallest absolute Gasteiger partial charge is 0.413 e. The van der Waals surface area contributed by atoms with Gasteiger partial charge in [-0.3, -0.25) is 5.32 Å². The van der Waals surface area contributed by atoms with Crippen molar-refractivity contribution < 1.29 is 19.4 Å². The molecule has 1 heterocycles. The Hall–Kier alpha value is -2.07. The van der Waals surface area contributed by atoms with Crippen LogP contribution in [0.25, 0.3) is 0 Å². The lowest BCUT2D eigenvalue weighted by molar-refractivity contribution is -0.130. The van der Waals surface area contributed by atoms with Crippen LogP contribution in [-0.2, 0) is 9.53 Å². The number of nitrogens with zero attached hydrogens (tertiary/aromatic N) is 1. The van der Waals surface area contributed by atoms with Gasteiger partial charge in [-0.1, -0.05) is 11.3 Å². The molecule has 7 heteroatoms. The number of carbonyl (C=O) groups excluding carboxylic acids is 1. The normalized spacial score (nSPS) is 10.2. The van der Waals surface area contributed by atoms with E-state index in [2.05, 4.69) is 16.2 Å². The monoisotopic (exact) mass is 268 g/mol. The van der Waals surface area contributed by atoms with E-state index in [-0.39, 0.29) is 0 Å². The second-order valence-corrected chi connectivity index (χ2v) is 5.24. The minimum atomic E-state index is -1.22. The van der Waals surface area contributed by atoms with Crippen molar-refractivity contribution in [2.75, 3.05) is 5.32 Å². The molecular weight excluding hydrogens is 256 g/mol. The lowest BCUT2D eigenvalue weighted by Gasteiger charge is -2.18. The zero-order valence-electron chi connectivity index (χ0n) is 10.1. The van der Waals surface area contributed by atoms with Gasteiger partial charge in [0.05, 0.1) is 11.1 Å². The maximum Gasteiger partial charge on any atom is 0.413 e. The molecule has 0 atom stereocenters. The van der Waals surface area contributed by atoms with Crippen LogP contribution < -0.4 is 5.32 Å². The van der Waals surface area contributed by atoms with E-state index < -0.39 is 17.7 Å². The van der Waals surface area contributed by atoms with Crippen LogP contribution in [0.1, 0.15) is 25.6 Å². The van der Waals surface area contributed by atoms with Crippen LogP contribution in [0.15, 0.2) is 6.20 Å². The van der Waals surface area contributed by atoms with Gasteiger partial charge >= 0.3 is 12.1 Å². The van der Waals surface area contributed by atoms with E-state index in [1.54, 1.807) is 20.8 Å². The van der Waals surface area contributed by atoms with Crippen LogP contribution in [0, 0.1) is 11.8 Å². The molecule has 0 saturated carbocycles. The maximum absolute atomic E-state index is 11.4. The number of anilines is 1. The second kappa shape index (κ2) is 5.51. The van der Waals surface area contributed by atoms with E-state index in [4.69, 9.17) is 9.84 Å². The quantitative estimate of drug-likeness (QED) is 0.760. The average molecular weight is 268 g/mol. The number of rotatable bonds is 1. The number of aliphatic carboxylic acids is 1. The third-order valence-electron chi connectivity index (χ3n) is 1.41. The SMILES string of the molecule is CC(C)(C)OC(=O)Nc1ncc(C#CC(=O)O)s1. The van der Waals surface area contributed by atoms with Crippen molar-refractivity contribution in [2.24, 2.45) is 0 Å². The highest BCUT2D eigenvalue weighted by molar-refractivity contribution is 7.16. The Morgan fingerprint density at radius 3 is 2.72 bits per heavy atom. The predicted octanol–water partition coefficient (Wildman–Crippen LogP) is 1.93. The molecule has 0 fully saturated rings. The van der Waals surface area contributed by atoms with Gasteiger partial charge in [0.1, 0.15) is 5.60 Å². The lowest BCUT2D eigenvalue weighted by Crippen LogP contribution is -2.27. The summed E-state index contributed by atoms with van der Waals surface area (Å²) in [6, 6.07) is 0. The molecule has 1 aromatic heterocycles. The number of carboxylic acid groups (broad SMARTS) is 1. The number of thiazole rings is 1. The zero-order chi connectivity index (χ0) is 13.8. The standard InChI is InChI=1S/C11H12N2O4S/c1-11(2,3)17-10(16)13-9-12-6-7(18-9)4-5-8(14)15/h6H,1-3H3,(H,14,15)(H,12,13,16). The molecule has 0 spiro atoms. The largest absolute Gasteiger partial charge is 0.472 e. The number of hydrogen-bond acceptors (Lipinski definition) is 5. The Kier molecular flexibility index (Phi) is 4.28. The van der Waals surface area contributed by atoms with E-state index in [9.17, 15) is 9.59 Å². The van der Waals surface area contributed by atoms with Gasteiger partial charge in [-0.2, -0.15) is 0 Å². The summed E-state index contributed by atoms with van der Waals surface area (Å²) < 4.78 is 5.04. The molecule has 0 aliphatic rings. The van der Waals surface area contributed by atoms with Crippen molar-refractivity contribution in [1.29, 1.82) is 0 Å². The molecule has 0 unspecified atom stereocenters. The Morgan fingerprint density at radius 2 is 2.17 bits per heavy atom. The van der Waals surface area contributed by atoms with Crippen molar-refractivity contribution in [1.82, 2.24) is 4.98 Å². The molecule has 18 heavy (non-hydrogen) atoms. The highest BCUT2D eigenvalue weighted by atomic mass is 32.1. The predicted molar refractivity (Wildman–Crippen MR) is 66.5 cm³/mol. The summed E-state index contributed by atoms with van der Waals surface area (Å²) in [6.07, 6.45) is 0.766. The van der Waals surface area contributed by atoms with E-state index in [1.807, 2.05) is 5.92 Å². The van der Waals surface area contributed by atoms with Gasteiger partial charge in [-0.05, 0) is 26.7 Å². The number of ether oxygens (including phenoxy) is 1. The molecule has 0 radical (unpaired) electrons. The Labute approximate surface area is 108 Å². The number of nitrogens with one attached hydrogen (secondary N) is 1. The van der Waals surface area contributed by atoms with Crippen LogP contribution in [0.4, 0.5) is 9.93 Å². The van der Waals surface area contributed by atoms with Gasteiger partial charge in [0.25, 0.3) is 0 Å². The van der Waals surface area contributed by atoms with Gasteiger partial charge in [-0.25, -0.2) is 14.6 Å². The van der Waals surface area contributed by atoms with Crippen molar-refractivity contribution in [3.05, 3.63) is 11.1 Å². The van der Waals surface area contributed by atoms with Crippen LogP contribution in [0.3, 0.4) is 0 Å². The number of amides is 1. The molecule has 0 aliphatic carbocycles.